The summed E-state index contributed by atoms with van der Waals surface area (Å²) in [6, 6.07) is 18.0. The number of aryl methyl sites for hydroxylation is 1. The van der Waals surface area contributed by atoms with Gasteiger partial charge in [0, 0.05) is 17.3 Å². The van der Waals surface area contributed by atoms with Crippen LogP contribution in [-0.4, -0.2) is 23.0 Å². The van der Waals surface area contributed by atoms with Crippen LogP contribution in [0.3, 0.4) is 0 Å². The molecular formula is C27H21FN4O4. The normalized spacial score (nSPS) is 16.9. The molecule has 1 unspecified atom stereocenters. The lowest BCUT2D eigenvalue weighted by Gasteiger charge is -2.35. The van der Waals surface area contributed by atoms with E-state index in [9.17, 15) is 9.18 Å². The number of rotatable bonds is 4. The zero-order valence-electron chi connectivity index (χ0n) is 19.5. The van der Waals surface area contributed by atoms with Gasteiger partial charge >= 0.3 is 6.03 Å². The molecule has 8 nitrogen and oxygen atoms in total. The van der Waals surface area contributed by atoms with E-state index >= 15 is 0 Å². The van der Waals surface area contributed by atoms with Crippen LogP contribution in [0, 0.1) is 12.7 Å². The third-order valence-corrected chi connectivity index (χ3v) is 6.27. The van der Waals surface area contributed by atoms with Gasteiger partial charge in [-0.1, -0.05) is 47.1 Å². The van der Waals surface area contributed by atoms with Gasteiger partial charge in [0.05, 0.1) is 17.3 Å². The number of benzene rings is 3. The van der Waals surface area contributed by atoms with Crippen molar-refractivity contribution in [2.24, 2.45) is 0 Å². The minimum atomic E-state index is -0.630. The molecule has 36 heavy (non-hydrogen) atoms. The fraction of sp³-hybridized carbons (Fsp3) is 0.148. The minimum Gasteiger partial charge on any atom is -0.454 e. The van der Waals surface area contributed by atoms with Crippen molar-refractivity contribution in [2.75, 3.05) is 11.7 Å². The summed E-state index contributed by atoms with van der Waals surface area (Å²) in [6.07, 6.45) is 0. The van der Waals surface area contributed by atoms with E-state index in [0.717, 1.165) is 11.1 Å². The highest BCUT2D eigenvalue weighted by atomic mass is 19.1. The largest absolute Gasteiger partial charge is 0.454 e. The summed E-state index contributed by atoms with van der Waals surface area (Å²) in [5, 5.41) is 7.19. The van der Waals surface area contributed by atoms with Crippen LogP contribution >= 0.6 is 0 Å². The summed E-state index contributed by atoms with van der Waals surface area (Å²) >= 11 is 0. The number of carbonyl (C=O) groups is 1. The maximum atomic E-state index is 13.7. The molecule has 2 aliphatic rings. The molecule has 0 bridgehead atoms. The van der Waals surface area contributed by atoms with Crippen LogP contribution in [0.4, 0.5) is 14.9 Å². The summed E-state index contributed by atoms with van der Waals surface area (Å²) in [5.74, 6) is 1.47. The van der Waals surface area contributed by atoms with Crippen LogP contribution in [-0.2, 0) is 0 Å². The van der Waals surface area contributed by atoms with Gasteiger partial charge in [-0.2, -0.15) is 4.98 Å². The van der Waals surface area contributed by atoms with E-state index in [1.54, 1.807) is 30.3 Å². The minimum absolute atomic E-state index is 0.126. The van der Waals surface area contributed by atoms with Crippen molar-refractivity contribution in [3.63, 3.8) is 0 Å². The number of urea groups is 1. The molecule has 9 heteroatoms. The Hall–Kier alpha value is -4.66. The smallest absolute Gasteiger partial charge is 0.327 e. The Labute approximate surface area is 206 Å². The van der Waals surface area contributed by atoms with Crippen molar-refractivity contribution in [3.05, 3.63) is 95.3 Å². The summed E-state index contributed by atoms with van der Waals surface area (Å²) in [5.41, 5.74) is 4.38. The monoisotopic (exact) mass is 484 g/mol. The quantitative estimate of drug-likeness (QED) is 0.405. The molecule has 0 spiro atoms. The fourth-order valence-electron chi connectivity index (χ4n) is 4.41. The molecule has 0 saturated carbocycles. The predicted molar refractivity (Wildman–Crippen MR) is 130 cm³/mol. The molecule has 1 N–H and O–H groups in total. The Morgan fingerprint density at radius 2 is 1.72 bits per heavy atom. The van der Waals surface area contributed by atoms with Crippen LogP contribution in [0.15, 0.2) is 77.0 Å². The molecule has 0 aliphatic carbocycles. The lowest BCUT2D eigenvalue weighted by molar-refractivity contribution is 0.174. The molecule has 6 rings (SSSR count). The third kappa shape index (κ3) is 3.74. The van der Waals surface area contributed by atoms with E-state index in [-0.39, 0.29) is 24.5 Å². The van der Waals surface area contributed by atoms with Gasteiger partial charge in [0.25, 0.3) is 5.89 Å². The molecule has 4 aromatic rings. The standard InChI is InChI=1S/C27H21FN4O4/c1-15-3-5-18(6-4-15)25-30-26(36-31-25)23-16(2)32(20-11-12-21-22(13-20)35-14-34-21)27(33)29-24(23)17-7-9-19(28)10-8-17/h3-13,24H,14H2,1-2H3,(H,29,33). The Balaban J connectivity index is 1.48. The first-order chi connectivity index (χ1) is 17.5. The van der Waals surface area contributed by atoms with Crippen LogP contribution in [0.1, 0.15) is 30.0 Å². The molecule has 0 radical (unpaired) electrons. The third-order valence-electron chi connectivity index (χ3n) is 6.27. The summed E-state index contributed by atoms with van der Waals surface area (Å²) in [7, 11) is 0. The van der Waals surface area contributed by atoms with Crippen molar-refractivity contribution >= 4 is 17.3 Å². The van der Waals surface area contributed by atoms with Crippen molar-refractivity contribution in [3.8, 4) is 22.9 Å². The zero-order chi connectivity index (χ0) is 24.8. The first kappa shape index (κ1) is 21.8. The van der Waals surface area contributed by atoms with Crippen molar-refractivity contribution in [1.29, 1.82) is 0 Å². The van der Waals surface area contributed by atoms with Gasteiger partial charge in [-0.3, -0.25) is 4.90 Å². The van der Waals surface area contributed by atoms with Crippen LogP contribution in [0.25, 0.3) is 17.0 Å². The maximum Gasteiger partial charge on any atom is 0.327 e. The molecule has 2 amide bonds. The SMILES string of the molecule is CC1=C(c2nc(-c3ccc(C)cc3)no2)C(c2ccc(F)cc2)NC(=O)N1c1ccc2c(c1)OCO2. The molecule has 3 heterocycles. The lowest BCUT2D eigenvalue weighted by atomic mass is 9.94. The number of hydrogen-bond acceptors (Lipinski definition) is 6. The van der Waals surface area contributed by atoms with Crippen LogP contribution in [0.2, 0.25) is 0 Å². The van der Waals surface area contributed by atoms with Crippen molar-refractivity contribution in [1.82, 2.24) is 15.5 Å². The molecule has 180 valence electrons. The number of anilines is 1. The first-order valence-electron chi connectivity index (χ1n) is 11.4. The molecule has 0 saturated heterocycles. The predicted octanol–water partition coefficient (Wildman–Crippen LogP) is 5.61. The van der Waals surface area contributed by atoms with Crippen LogP contribution < -0.4 is 19.7 Å². The van der Waals surface area contributed by atoms with E-state index in [2.05, 4.69) is 15.5 Å². The Bertz CT molecular complexity index is 1500. The van der Waals surface area contributed by atoms with E-state index in [4.69, 9.17) is 14.0 Å². The average Bonchev–Trinajstić information content (AvgIpc) is 3.54. The number of hydrogen-bond donors (Lipinski definition) is 1. The van der Waals surface area contributed by atoms with Gasteiger partial charge in [-0.15, -0.1) is 0 Å². The Morgan fingerprint density at radius 3 is 2.50 bits per heavy atom. The lowest BCUT2D eigenvalue weighted by Crippen LogP contribution is -2.46. The zero-order valence-corrected chi connectivity index (χ0v) is 19.5. The Kier molecular flexibility index (Phi) is 5.18. The van der Waals surface area contributed by atoms with E-state index in [1.807, 2.05) is 38.1 Å². The van der Waals surface area contributed by atoms with E-state index in [1.165, 1.54) is 17.0 Å². The number of carbonyl (C=O) groups excluding carboxylic acids is 1. The number of amides is 2. The number of fused-ring (bicyclic) bond motifs is 1. The average molecular weight is 484 g/mol. The highest BCUT2D eigenvalue weighted by molar-refractivity contribution is 6.01. The van der Waals surface area contributed by atoms with Gasteiger partial charge in [-0.25, -0.2) is 9.18 Å². The van der Waals surface area contributed by atoms with Crippen molar-refractivity contribution < 1.29 is 23.2 Å². The summed E-state index contributed by atoms with van der Waals surface area (Å²) in [6.45, 7) is 3.94. The maximum absolute atomic E-state index is 13.7. The van der Waals surface area contributed by atoms with Gasteiger partial charge in [0.1, 0.15) is 5.82 Å². The van der Waals surface area contributed by atoms with E-state index < -0.39 is 6.04 Å². The second-order valence-electron chi connectivity index (χ2n) is 8.60. The van der Waals surface area contributed by atoms with Crippen LogP contribution in [0.5, 0.6) is 11.5 Å². The second-order valence-corrected chi connectivity index (χ2v) is 8.60. The molecule has 1 aromatic heterocycles. The topological polar surface area (TPSA) is 89.7 Å². The summed E-state index contributed by atoms with van der Waals surface area (Å²) in [4.78, 5) is 19.5. The first-order valence-corrected chi connectivity index (χ1v) is 11.4. The Morgan fingerprint density at radius 1 is 0.972 bits per heavy atom. The highest BCUT2D eigenvalue weighted by Crippen LogP contribution is 2.42. The highest BCUT2D eigenvalue weighted by Gasteiger charge is 2.37. The van der Waals surface area contributed by atoms with E-state index in [0.29, 0.717) is 39.8 Å². The number of aromatic nitrogens is 2. The molecular weight excluding hydrogens is 463 g/mol. The number of allylic oxidation sites excluding steroid dienone is 1. The number of nitrogens with one attached hydrogen (secondary N) is 1. The summed E-state index contributed by atoms with van der Waals surface area (Å²) < 4.78 is 30.3. The van der Waals surface area contributed by atoms with Gasteiger partial charge in [0.2, 0.25) is 12.6 Å². The van der Waals surface area contributed by atoms with Gasteiger partial charge in [-0.05, 0) is 43.7 Å². The number of halogens is 1. The molecule has 3 aromatic carbocycles. The second kappa shape index (κ2) is 8.53. The number of ether oxygens (including phenoxy) is 2. The number of nitrogens with zero attached hydrogens (tertiary/aromatic N) is 3. The molecule has 0 fully saturated rings. The molecule has 1 atom stereocenters. The molecule has 2 aliphatic heterocycles. The van der Waals surface area contributed by atoms with Gasteiger partial charge in [0.15, 0.2) is 11.5 Å². The fourth-order valence-corrected chi connectivity index (χ4v) is 4.41. The van der Waals surface area contributed by atoms with Crippen molar-refractivity contribution in [2.45, 2.75) is 19.9 Å². The van der Waals surface area contributed by atoms with Gasteiger partial charge < -0.3 is 19.3 Å².